The molecule has 0 fully saturated rings. The quantitative estimate of drug-likeness (QED) is 0.719. The van der Waals surface area contributed by atoms with Crippen LogP contribution in [0, 0.1) is 7.05 Å². The topological polar surface area (TPSA) is 16.6 Å². The van der Waals surface area contributed by atoms with Crippen molar-refractivity contribution >= 4 is 0 Å². The first kappa shape index (κ1) is 11.0. The van der Waals surface area contributed by atoms with Gasteiger partial charge in [0, 0.05) is 6.42 Å². The second kappa shape index (κ2) is 4.46. The Labute approximate surface area is 80.9 Å². The summed E-state index contributed by atoms with van der Waals surface area (Å²) in [6.07, 6.45) is -3.64. The van der Waals surface area contributed by atoms with Gasteiger partial charge in [0.1, 0.15) is 0 Å². The SMILES string of the molecule is [CH2-][NH2+]CCc1cccc(C(F)(F)F)c1. The van der Waals surface area contributed by atoms with E-state index >= 15 is 0 Å². The Bertz CT molecular complexity index is 294. The van der Waals surface area contributed by atoms with Crippen LogP contribution in [0.25, 0.3) is 0 Å². The molecule has 0 heterocycles. The number of halogens is 3. The molecule has 4 heteroatoms. The molecular formula is C10H12F3N. The molecule has 2 N–H and O–H groups in total. The average Bonchev–Trinajstić information content (AvgIpc) is 2.14. The zero-order valence-electron chi connectivity index (χ0n) is 7.64. The predicted molar refractivity (Wildman–Crippen MR) is 47.3 cm³/mol. The van der Waals surface area contributed by atoms with Crippen molar-refractivity contribution < 1.29 is 18.5 Å². The Morgan fingerprint density at radius 2 is 2.00 bits per heavy atom. The Morgan fingerprint density at radius 3 is 2.57 bits per heavy atom. The lowest BCUT2D eigenvalue weighted by atomic mass is 10.1. The van der Waals surface area contributed by atoms with Gasteiger partial charge in [-0.1, -0.05) is 18.2 Å². The predicted octanol–water partition coefficient (Wildman–Crippen LogP) is 1.60. The highest BCUT2D eigenvalue weighted by molar-refractivity contribution is 5.25. The van der Waals surface area contributed by atoms with E-state index in [0.717, 1.165) is 6.07 Å². The van der Waals surface area contributed by atoms with Gasteiger partial charge >= 0.3 is 6.18 Å². The number of rotatable bonds is 3. The Kier molecular flexibility index (Phi) is 3.52. The summed E-state index contributed by atoms with van der Waals surface area (Å²) in [5, 5.41) is 1.69. The first-order valence-electron chi connectivity index (χ1n) is 4.31. The fraction of sp³-hybridized carbons (Fsp3) is 0.300. The number of quaternary nitrogens is 1. The van der Waals surface area contributed by atoms with E-state index in [4.69, 9.17) is 0 Å². The first-order chi connectivity index (χ1) is 6.54. The zero-order valence-corrected chi connectivity index (χ0v) is 7.64. The van der Waals surface area contributed by atoms with Crippen molar-refractivity contribution in [3.8, 4) is 0 Å². The van der Waals surface area contributed by atoms with E-state index in [1.54, 1.807) is 11.4 Å². The van der Waals surface area contributed by atoms with Crippen LogP contribution in [0.3, 0.4) is 0 Å². The molecule has 0 saturated heterocycles. The van der Waals surface area contributed by atoms with E-state index in [2.05, 4.69) is 7.05 Å². The van der Waals surface area contributed by atoms with Crippen LogP contribution in [-0.2, 0) is 12.6 Å². The fourth-order valence-corrected chi connectivity index (χ4v) is 1.17. The van der Waals surface area contributed by atoms with Crippen molar-refractivity contribution in [3.63, 3.8) is 0 Å². The summed E-state index contributed by atoms with van der Waals surface area (Å²) in [5.41, 5.74) is 0.110. The van der Waals surface area contributed by atoms with Crippen LogP contribution in [0.15, 0.2) is 24.3 Å². The summed E-state index contributed by atoms with van der Waals surface area (Å²) in [6, 6.07) is 5.39. The van der Waals surface area contributed by atoms with Crippen molar-refractivity contribution in [2.75, 3.05) is 6.54 Å². The third-order valence-corrected chi connectivity index (χ3v) is 1.89. The second-order valence-corrected chi connectivity index (χ2v) is 3.03. The van der Waals surface area contributed by atoms with E-state index in [1.807, 2.05) is 0 Å². The Hall–Kier alpha value is -1.03. The van der Waals surface area contributed by atoms with Gasteiger partial charge in [0.15, 0.2) is 0 Å². The van der Waals surface area contributed by atoms with Gasteiger partial charge in [-0.2, -0.15) is 20.2 Å². The highest BCUT2D eigenvalue weighted by Crippen LogP contribution is 2.29. The van der Waals surface area contributed by atoms with Crippen LogP contribution in [0.4, 0.5) is 13.2 Å². The number of hydrogen-bond acceptors (Lipinski definition) is 0. The van der Waals surface area contributed by atoms with Crippen molar-refractivity contribution in [1.82, 2.24) is 0 Å². The molecule has 1 aromatic carbocycles. The van der Waals surface area contributed by atoms with E-state index in [1.165, 1.54) is 12.1 Å². The summed E-state index contributed by atoms with van der Waals surface area (Å²) >= 11 is 0. The summed E-state index contributed by atoms with van der Waals surface area (Å²) in [4.78, 5) is 0. The van der Waals surface area contributed by atoms with Gasteiger partial charge in [-0.3, -0.25) is 0 Å². The fourth-order valence-electron chi connectivity index (χ4n) is 1.17. The van der Waals surface area contributed by atoms with E-state index < -0.39 is 11.7 Å². The molecule has 0 aliphatic rings. The first-order valence-corrected chi connectivity index (χ1v) is 4.31. The number of hydrogen-bond donors (Lipinski definition) is 1. The molecule has 0 atom stereocenters. The molecule has 0 aromatic heterocycles. The molecule has 0 unspecified atom stereocenters. The average molecular weight is 203 g/mol. The Morgan fingerprint density at radius 1 is 1.29 bits per heavy atom. The molecule has 1 nitrogen and oxygen atoms in total. The summed E-state index contributed by atoms with van der Waals surface area (Å²) in [5.74, 6) is 0. The van der Waals surface area contributed by atoms with Gasteiger partial charge in [0.05, 0.1) is 12.1 Å². The normalized spacial score (nSPS) is 11.7. The van der Waals surface area contributed by atoms with Crippen molar-refractivity contribution in [2.24, 2.45) is 0 Å². The minimum Gasteiger partial charge on any atom is -0.479 e. The van der Waals surface area contributed by atoms with E-state index in [0.29, 0.717) is 18.5 Å². The highest BCUT2D eigenvalue weighted by Gasteiger charge is 2.30. The molecule has 0 radical (unpaired) electrons. The molecule has 0 aliphatic heterocycles. The molecule has 0 spiro atoms. The lowest BCUT2D eigenvalue weighted by Crippen LogP contribution is -2.77. The largest absolute Gasteiger partial charge is 0.479 e. The Balaban J connectivity index is 2.79. The molecule has 0 bridgehead atoms. The van der Waals surface area contributed by atoms with Gasteiger partial charge in [-0.15, -0.1) is 0 Å². The van der Waals surface area contributed by atoms with Crippen LogP contribution in [0.1, 0.15) is 11.1 Å². The molecule has 1 rings (SSSR count). The summed E-state index contributed by atoms with van der Waals surface area (Å²) < 4.78 is 36.8. The van der Waals surface area contributed by atoms with Gasteiger partial charge in [0.25, 0.3) is 0 Å². The van der Waals surface area contributed by atoms with Gasteiger partial charge in [-0.05, 0) is 11.6 Å². The maximum absolute atomic E-state index is 12.3. The number of benzene rings is 1. The van der Waals surface area contributed by atoms with Crippen molar-refractivity contribution in [1.29, 1.82) is 0 Å². The van der Waals surface area contributed by atoms with E-state index in [9.17, 15) is 13.2 Å². The molecular weight excluding hydrogens is 191 g/mol. The number of nitrogens with two attached hydrogens (primary N) is 1. The third kappa shape index (κ3) is 3.03. The lowest BCUT2D eigenvalue weighted by Gasteiger charge is -2.08. The van der Waals surface area contributed by atoms with Gasteiger partial charge in [0.2, 0.25) is 0 Å². The third-order valence-electron chi connectivity index (χ3n) is 1.89. The minimum atomic E-state index is -4.25. The smallest absolute Gasteiger partial charge is 0.416 e. The lowest BCUT2D eigenvalue weighted by molar-refractivity contribution is -0.594. The minimum absolute atomic E-state index is 0.584. The summed E-state index contributed by atoms with van der Waals surface area (Å²) in [6.45, 7) is 0.696. The standard InChI is InChI=1S/C10H12F3N/c1-14-6-5-8-3-2-4-9(7-8)10(11,12)13/h2-4,7H,1,5-6,14H2. The maximum Gasteiger partial charge on any atom is 0.416 e. The van der Waals surface area contributed by atoms with Crippen LogP contribution >= 0.6 is 0 Å². The van der Waals surface area contributed by atoms with Crippen LogP contribution in [0.2, 0.25) is 0 Å². The molecule has 14 heavy (non-hydrogen) atoms. The molecule has 0 saturated carbocycles. The monoisotopic (exact) mass is 203 g/mol. The maximum atomic E-state index is 12.3. The van der Waals surface area contributed by atoms with Crippen LogP contribution < -0.4 is 5.32 Å². The van der Waals surface area contributed by atoms with Crippen molar-refractivity contribution in [3.05, 3.63) is 42.4 Å². The molecule has 78 valence electrons. The van der Waals surface area contributed by atoms with Crippen LogP contribution in [-0.4, -0.2) is 6.54 Å². The van der Waals surface area contributed by atoms with Crippen LogP contribution in [0.5, 0.6) is 0 Å². The molecule has 0 aliphatic carbocycles. The zero-order chi connectivity index (χ0) is 10.6. The van der Waals surface area contributed by atoms with Gasteiger partial charge in [-0.25, -0.2) is 0 Å². The molecule has 1 aromatic rings. The van der Waals surface area contributed by atoms with Gasteiger partial charge < -0.3 is 5.32 Å². The van der Waals surface area contributed by atoms with Crippen molar-refractivity contribution in [2.45, 2.75) is 12.6 Å². The second-order valence-electron chi connectivity index (χ2n) is 3.03. The molecule has 0 amide bonds. The van der Waals surface area contributed by atoms with E-state index in [-0.39, 0.29) is 0 Å². The highest BCUT2D eigenvalue weighted by atomic mass is 19.4. The summed E-state index contributed by atoms with van der Waals surface area (Å²) in [7, 11) is 3.52. The number of alkyl halides is 3.